The third-order valence-electron chi connectivity index (χ3n) is 1.50. The molecule has 1 aromatic rings. The summed E-state index contributed by atoms with van der Waals surface area (Å²) >= 11 is 1.99. The average molecular weight is 264 g/mol. The minimum absolute atomic E-state index is 0.188. The van der Waals surface area contributed by atoms with E-state index in [1.54, 1.807) is 6.20 Å². The summed E-state index contributed by atoms with van der Waals surface area (Å²) in [6.07, 6.45) is 3.01. The van der Waals surface area contributed by atoms with Crippen LogP contribution in [0, 0.1) is 0 Å². The molecule has 0 amide bonds. The van der Waals surface area contributed by atoms with Gasteiger partial charge in [-0.05, 0) is 28.9 Å². The van der Waals surface area contributed by atoms with Crippen LogP contribution in [-0.4, -0.2) is 15.4 Å². The minimum atomic E-state index is -1.24. The van der Waals surface area contributed by atoms with Gasteiger partial charge in [-0.1, -0.05) is 6.07 Å². The predicted octanol–water partition coefficient (Wildman–Crippen LogP) is 2.22. The Morgan fingerprint density at radius 1 is 1.62 bits per heavy atom. The van der Waals surface area contributed by atoms with Gasteiger partial charge in [-0.2, -0.15) is 0 Å². The highest BCUT2D eigenvalue weighted by molar-refractivity contribution is 9.10. The molecule has 72 valence electrons. The molecule has 0 spiro atoms. The molecule has 0 radical (unpaired) electrons. The molecule has 0 bridgehead atoms. The number of hydrogen-bond donors (Lipinski definition) is 0. The van der Waals surface area contributed by atoms with Crippen LogP contribution in [0.2, 0.25) is 0 Å². The van der Waals surface area contributed by atoms with Gasteiger partial charge in [-0.15, -0.1) is 0 Å². The first-order valence-corrected chi connectivity index (χ1v) is 5.99. The minimum Gasteiger partial charge on any atom is -0.283 e. The first kappa shape index (κ1) is 10.8. The Labute approximate surface area is 88.3 Å². The van der Waals surface area contributed by atoms with Crippen molar-refractivity contribution in [2.24, 2.45) is 0 Å². The lowest BCUT2D eigenvalue weighted by molar-refractivity contribution is 0.255. The molecule has 0 fully saturated rings. The van der Waals surface area contributed by atoms with E-state index < -0.39 is 11.1 Å². The van der Waals surface area contributed by atoms with E-state index in [0.717, 1.165) is 10.2 Å². The largest absolute Gasteiger partial charge is 0.283 e. The van der Waals surface area contributed by atoms with Crippen LogP contribution in [0.25, 0.3) is 0 Å². The van der Waals surface area contributed by atoms with Gasteiger partial charge in [0, 0.05) is 18.0 Å². The normalized spacial score (nSPS) is 15.3. The monoisotopic (exact) mass is 263 g/mol. The molecule has 1 aromatic heterocycles. The SMILES string of the molecule is C[C@H](OS(C)=O)c1ccc(Br)nc1. The Morgan fingerprint density at radius 3 is 2.77 bits per heavy atom. The topological polar surface area (TPSA) is 39.2 Å². The van der Waals surface area contributed by atoms with Crippen LogP contribution in [0.5, 0.6) is 0 Å². The van der Waals surface area contributed by atoms with Crippen molar-refractivity contribution in [1.82, 2.24) is 4.98 Å². The predicted molar refractivity (Wildman–Crippen MR) is 55.5 cm³/mol. The van der Waals surface area contributed by atoms with Crippen LogP contribution in [0.1, 0.15) is 18.6 Å². The fourth-order valence-corrected chi connectivity index (χ4v) is 1.64. The first-order chi connectivity index (χ1) is 6.09. The first-order valence-electron chi connectivity index (χ1n) is 3.71. The molecule has 0 saturated carbocycles. The summed E-state index contributed by atoms with van der Waals surface area (Å²) in [6.45, 7) is 1.84. The number of rotatable bonds is 3. The summed E-state index contributed by atoms with van der Waals surface area (Å²) in [4.78, 5) is 4.05. The zero-order valence-electron chi connectivity index (χ0n) is 7.36. The Bertz CT molecular complexity index is 302. The van der Waals surface area contributed by atoms with Crippen molar-refractivity contribution in [1.29, 1.82) is 0 Å². The summed E-state index contributed by atoms with van der Waals surface area (Å²) < 4.78 is 16.6. The van der Waals surface area contributed by atoms with Crippen LogP contribution in [0.3, 0.4) is 0 Å². The van der Waals surface area contributed by atoms with Crippen LogP contribution >= 0.6 is 15.9 Å². The Kier molecular flexibility index (Phi) is 4.02. The second-order valence-corrected chi connectivity index (χ2v) is 4.36. The summed E-state index contributed by atoms with van der Waals surface area (Å²) in [5.41, 5.74) is 0.915. The van der Waals surface area contributed by atoms with Gasteiger partial charge < -0.3 is 0 Å². The molecular formula is C8H10BrNO2S. The van der Waals surface area contributed by atoms with E-state index in [0.29, 0.717) is 0 Å². The Hall–Kier alpha value is -0.260. The highest BCUT2D eigenvalue weighted by atomic mass is 79.9. The molecule has 5 heteroatoms. The second-order valence-electron chi connectivity index (χ2n) is 2.55. The maximum atomic E-state index is 10.8. The van der Waals surface area contributed by atoms with E-state index in [1.807, 2.05) is 19.1 Å². The zero-order chi connectivity index (χ0) is 9.84. The lowest BCUT2D eigenvalue weighted by Crippen LogP contribution is -2.02. The van der Waals surface area contributed by atoms with Crippen LogP contribution in [-0.2, 0) is 15.3 Å². The fraction of sp³-hybridized carbons (Fsp3) is 0.375. The lowest BCUT2D eigenvalue weighted by Gasteiger charge is -2.09. The average Bonchev–Trinajstić information content (AvgIpc) is 2.04. The van der Waals surface area contributed by atoms with E-state index in [-0.39, 0.29) is 6.10 Å². The molecule has 0 saturated heterocycles. The molecular weight excluding hydrogens is 254 g/mol. The molecule has 0 aliphatic heterocycles. The van der Waals surface area contributed by atoms with Gasteiger partial charge in [0.1, 0.15) is 4.60 Å². The van der Waals surface area contributed by atoms with Crippen LogP contribution in [0.4, 0.5) is 0 Å². The van der Waals surface area contributed by atoms with Crippen molar-refractivity contribution in [3.8, 4) is 0 Å². The molecule has 2 atom stereocenters. The number of hydrogen-bond acceptors (Lipinski definition) is 3. The Balaban J connectivity index is 2.71. The molecule has 13 heavy (non-hydrogen) atoms. The van der Waals surface area contributed by atoms with Crippen molar-refractivity contribution in [2.75, 3.05) is 6.26 Å². The van der Waals surface area contributed by atoms with Crippen LogP contribution in [0.15, 0.2) is 22.9 Å². The van der Waals surface area contributed by atoms with Gasteiger partial charge in [0.05, 0.1) is 6.10 Å². The molecule has 1 heterocycles. The molecule has 1 unspecified atom stereocenters. The summed E-state index contributed by atoms with van der Waals surface area (Å²) in [5, 5.41) is 0. The highest BCUT2D eigenvalue weighted by Gasteiger charge is 2.07. The smallest absolute Gasteiger partial charge is 0.152 e. The standard InChI is InChI=1S/C8H10BrNO2S/c1-6(12-13(2)11)7-3-4-8(9)10-5-7/h3-6H,1-2H3/t6-,13?/m0/s1. The number of halogens is 1. The van der Waals surface area contributed by atoms with Gasteiger partial charge in [0.15, 0.2) is 11.1 Å². The Morgan fingerprint density at radius 2 is 2.31 bits per heavy atom. The van der Waals surface area contributed by atoms with Crippen molar-refractivity contribution in [3.63, 3.8) is 0 Å². The van der Waals surface area contributed by atoms with Crippen molar-refractivity contribution in [3.05, 3.63) is 28.5 Å². The number of nitrogens with zero attached hydrogens (tertiary/aromatic N) is 1. The third kappa shape index (κ3) is 3.54. The van der Waals surface area contributed by atoms with Crippen molar-refractivity contribution >= 4 is 27.0 Å². The van der Waals surface area contributed by atoms with E-state index in [1.165, 1.54) is 6.26 Å². The van der Waals surface area contributed by atoms with Crippen LogP contribution < -0.4 is 0 Å². The lowest BCUT2D eigenvalue weighted by atomic mass is 10.2. The van der Waals surface area contributed by atoms with Crippen molar-refractivity contribution in [2.45, 2.75) is 13.0 Å². The van der Waals surface area contributed by atoms with E-state index in [9.17, 15) is 4.21 Å². The quantitative estimate of drug-likeness (QED) is 0.786. The van der Waals surface area contributed by atoms with Gasteiger partial charge >= 0.3 is 0 Å². The summed E-state index contributed by atoms with van der Waals surface area (Å²) in [7, 11) is 0. The maximum Gasteiger partial charge on any atom is 0.152 e. The molecule has 1 rings (SSSR count). The van der Waals surface area contributed by atoms with Crippen molar-refractivity contribution < 1.29 is 8.39 Å². The number of pyridine rings is 1. The second kappa shape index (κ2) is 4.83. The molecule has 0 aliphatic rings. The third-order valence-corrected chi connectivity index (χ3v) is 2.53. The highest BCUT2D eigenvalue weighted by Crippen LogP contribution is 2.17. The molecule has 0 aliphatic carbocycles. The van der Waals surface area contributed by atoms with Gasteiger partial charge in [-0.3, -0.25) is 4.18 Å². The van der Waals surface area contributed by atoms with E-state index in [2.05, 4.69) is 20.9 Å². The molecule has 0 N–H and O–H groups in total. The fourth-order valence-electron chi connectivity index (χ4n) is 0.887. The summed E-state index contributed by atoms with van der Waals surface area (Å²) in [6, 6.07) is 3.71. The summed E-state index contributed by atoms with van der Waals surface area (Å²) in [5.74, 6) is 0. The van der Waals surface area contributed by atoms with Gasteiger partial charge in [-0.25, -0.2) is 9.19 Å². The van der Waals surface area contributed by atoms with Gasteiger partial charge in [0.25, 0.3) is 0 Å². The zero-order valence-corrected chi connectivity index (χ0v) is 9.76. The van der Waals surface area contributed by atoms with E-state index >= 15 is 0 Å². The molecule has 3 nitrogen and oxygen atoms in total. The van der Waals surface area contributed by atoms with Gasteiger partial charge in [0.2, 0.25) is 0 Å². The molecule has 0 aromatic carbocycles. The maximum absolute atomic E-state index is 10.8. The number of aromatic nitrogens is 1. The van der Waals surface area contributed by atoms with E-state index in [4.69, 9.17) is 4.18 Å².